The van der Waals surface area contributed by atoms with Crippen LogP contribution in [0.3, 0.4) is 0 Å². The van der Waals surface area contributed by atoms with E-state index in [4.69, 9.17) is 4.74 Å². The van der Waals surface area contributed by atoms with Gasteiger partial charge < -0.3 is 9.64 Å². The minimum absolute atomic E-state index is 0.0913. The van der Waals surface area contributed by atoms with Crippen molar-refractivity contribution < 1.29 is 9.53 Å². The van der Waals surface area contributed by atoms with Crippen molar-refractivity contribution in [3.63, 3.8) is 0 Å². The molecule has 2 aliphatic rings. The summed E-state index contributed by atoms with van der Waals surface area (Å²) in [4.78, 5) is 14.1. The summed E-state index contributed by atoms with van der Waals surface area (Å²) in [5.74, 6) is -0.186. The van der Waals surface area contributed by atoms with Gasteiger partial charge in [-0.05, 0) is 24.5 Å². The first-order valence-corrected chi connectivity index (χ1v) is 6.91. The molecule has 1 N–H and O–H groups in total. The molecule has 1 aromatic carbocycles. The van der Waals surface area contributed by atoms with Gasteiger partial charge in [-0.15, -0.1) is 6.58 Å². The lowest BCUT2D eigenvalue weighted by atomic mass is 9.75. The van der Waals surface area contributed by atoms with Crippen LogP contribution in [0.5, 0.6) is 0 Å². The number of likely N-dealkylation sites (N-methyl/N-ethyl adjacent to an activating group) is 1. The lowest BCUT2D eigenvalue weighted by Gasteiger charge is -2.30. The Morgan fingerprint density at radius 3 is 3.05 bits per heavy atom. The van der Waals surface area contributed by atoms with Gasteiger partial charge in [-0.2, -0.15) is 0 Å². The van der Waals surface area contributed by atoms with Gasteiger partial charge >= 0.3 is 5.97 Å². The second kappa shape index (κ2) is 4.63. The number of esters is 1. The summed E-state index contributed by atoms with van der Waals surface area (Å²) in [6.45, 7) is 3.90. The van der Waals surface area contributed by atoms with E-state index in [-0.39, 0.29) is 23.6 Å². The van der Waals surface area contributed by atoms with E-state index in [0.29, 0.717) is 0 Å². The molecule has 0 aliphatic carbocycles. The number of ether oxygens (including phenoxy) is 1. The third-order valence-corrected chi connectivity index (χ3v) is 4.65. The Morgan fingerprint density at radius 1 is 1.60 bits per heavy atom. The molecule has 0 saturated carbocycles. The third-order valence-electron chi connectivity index (χ3n) is 4.65. The molecule has 2 heterocycles. The highest BCUT2D eigenvalue weighted by molar-refractivity contribution is 5.78. The Hall–Kier alpha value is -1.81. The van der Waals surface area contributed by atoms with Crippen LogP contribution < -0.4 is 10.2 Å². The fourth-order valence-corrected chi connectivity index (χ4v) is 3.82. The molecule has 1 fully saturated rings. The SMILES string of the molecule is C=CC[C@]12C[C@H](C(=O)OC)N[C@H]1N(C)c1ccccc12. The topological polar surface area (TPSA) is 41.6 Å². The molecule has 0 unspecified atom stereocenters. The Kier molecular flexibility index (Phi) is 3.05. The zero-order valence-electron chi connectivity index (χ0n) is 11.9. The molecule has 1 saturated heterocycles. The molecule has 3 atom stereocenters. The molecule has 2 aliphatic heterocycles. The van der Waals surface area contributed by atoms with Crippen LogP contribution in [-0.2, 0) is 14.9 Å². The molecule has 0 aromatic heterocycles. The lowest BCUT2D eigenvalue weighted by molar-refractivity contribution is -0.142. The van der Waals surface area contributed by atoms with Gasteiger partial charge in [0, 0.05) is 18.2 Å². The smallest absolute Gasteiger partial charge is 0.322 e. The molecular formula is C16H20N2O2. The molecule has 3 rings (SSSR count). The van der Waals surface area contributed by atoms with Crippen molar-refractivity contribution in [3.8, 4) is 0 Å². The monoisotopic (exact) mass is 272 g/mol. The van der Waals surface area contributed by atoms with Crippen molar-refractivity contribution in [3.05, 3.63) is 42.5 Å². The zero-order chi connectivity index (χ0) is 14.3. The number of carbonyl (C=O) groups excluding carboxylic acids is 1. The van der Waals surface area contributed by atoms with Gasteiger partial charge in [0.25, 0.3) is 0 Å². The van der Waals surface area contributed by atoms with Gasteiger partial charge in [-0.3, -0.25) is 10.1 Å². The minimum Gasteiger partial charge on any atom is -0.468 e. The van der Waals surface area contributed by atoms with E-state index in [1.54, 1.807) is 0 Å². The van der Waals surface area contributed by atoms with E-state index < -0.39 is 0 Å². The molecule has 0 bridgehead atoms. The lowest BCUT2D eigenvalue weighted by Crippen LogP contribution is -2.48. The Bertz CT molecular complexity index is 557. The Labute approximate surface area is 119 Å². The van der Waals surface area contributed by atoms with E-state index in [1.165, 1.54) is 18.4 Å². The van der Waals surface area contributed by atoms with Crippen LogP contribution >= 0.6 is 0 Å². The molecule has 106 valence electrons. The normalized spacial score (nSPS) is 30.8. The summed E-state index contributed by atoms with van der Waals surface area (Å²) in [7, 11) is 3.51. The number of rotatable bonds is 3. The number of hydrogen-bond donors (Lipinski definition) is 1. The number of nitrogens with one attached hydrogen (secondary N) is 1. The van der Waals surface area contributed by atoms with E-state index in [9.17, 15) is 4.79 Å². The molecule has 0 amide bonds. The predicted octanol–water partition coefficient (Wildman–Crippen LogP) is 1.81. The van der Waals surface area contributed by atoms with Crippen LogP contribution in [0.1, 0.15) is 18.4 Å². The second-order valence-corrected chi connectivity index (χ2v) is 5.63. The molecule has 20 heavy (non-hydrogen) atoms. The van der Waals surface area contributed by atoms with Crippen LogP contribution in [0.2, 0.25) is 0 Å². The largest absolute Gasteiger partial charge is 0.468 e. The maximum absolute atomic E-state index is 11.9. The van der Waals surface area contributed by atoms with Crippen LogP contribution in [0.15, 0.2) is 36.9 Å². The Morgan fingerprint density at radius 2 is 2.35 bits per heavy atom. The number of allylic oxidation sites excluding steroid dienone is 1. The van der Waals surface area contributed by atoms with Crippen molar-refractivity contribution in [2.24, 2.45) is 0 Å². The maximum Gasteiger partial charge on any atom is 0.322 e. The van der Waals surface area contributed by atoms with Crippen LogP contribution in [0.4, 0.5) is 5.69 Å². The van der Waals surface area contributed by atoms with Gasteiger partial charge in [0.2, 0.25) is 0 Å². The average Bonchev–Trinajstić information content (AvgIpc) is 2.95. The number of fused-ring (bicyclic) bond motifs is 3. The summed E-state index contributed by atoms with van der Waals surface area (Å²) in [6, 6.07) is 8.16. The third kappa shape index (κ3) is 1.61. The number of hydrogen-bond acceptors (Lipinski definition) is 4. The summed E-state index contributed by atoms with van der Waals surface area (Å²) in [6.07, 6.45) is 3.66. The molecular weight excluding hydrogens is 252 g/mol. The zero-order valence-corrected chi connectivity index (χ0v) is 11.9. The van der Waals surface area contributed by atoms with Crippen molar-refractivity contribution in [2.75, 3.05) is 19.1 Å². The highest BCUT2D eigenvalue weighted by atomic mass is 16.5. The first-order chi connectivity index (χ1) is 9.64. The molecule has 4 nitrogen and oxygen atoms in total. The van der Waals surface area contributed by atoms with Gasteiger partial charge in [0.15, 0.2) is 0 Å². The van der Waals surface area contributed by atoms with E-state index in [2.05, 4.69) is 48.1 Å². The molecule has 0 radical (unpaired) electrons. The average molecular weight is 272 g/mol. The molecule has 0 spiro atoms. The quantitative estimate of drug-likeness (QED) is 0.673. The fourth-order valence-electron chi connectivity index (χ4n) is 3.82. The van der Waals surface area contributed by atoms with E-state index in [0.717, 1.165) is 12.8 Å². The van der Waals surface area contributed by atoms with Gasteiger partial charge in [-0.25, -0.2) is 0 Å². The first-order valence-electron chi connectivity index (χ1n) is 6.91. The van der Waals surface area contributed by atoms with Crippen molar-refractivity contribution in [1.82, 2.24) is 5.32 Å². The number of benzene rings is 1. The number of carbonyl (C=O) groups is 1. The summed E-state index contributed by atoms with van der Waals surface area (Å²) in [5.41, 5.74) is 2.44. The molecule has 1 aromatic rings. The Balaban J connectivity index is 2.06. The second-order valence-electron chi connectivity index (χ2n) is 5.63. The number of nitrogens with zero attached hydrogens (tertiary/aromatic N) is 1. The summed E-state index contributed by atoms with van der Waals surface area (Å²) < 4.78 is 4.90. The van der Waals surface area contributed by atoms with Gasteiger partial charge in [0.05, 0.1) is 13.3 Å². The minimum atomic E-state index is -0.249. The van der Waals surface area contributed by atoms with Crippen molar-refractivity contribution >= 4 is 11.7 Å². The van der Waals surface area contributed by atoms with Gasteiger partial charge in [0.1, 0.15) is 6.04 Å². The van der Waals surface area contributed by atoms with Crippen LogP contribution in [-0.4, -0.2) is 32.3 Å². The summed E-state index contributed by atoms with van der Waals surface area (Å²) in [5, 5.41) is 3.43. The first kappa shape index (κ1) is 13.2. The number of methoxy groups -OCH3 is 1. The fraction of sp³-hybridized carbons (Fsp3) is 0.438. The van der Waals surface area contributed by atoms with E-state index in [1.807, 2.05) is 6.08 Å². The van der Waals surface area contributed by atoms with Crippen LogP contribution in [0.25, 0.3) is 0 Å². The van der Waals surface area contributed by atoms with Crippen molar-refractivity contribution in [1.29, 1.82) is 0 Å². The summed E-state index contributed by atoms with van der Waals surface area (Å²) >= 11 is 0. The highest BCUT2D eigenvalue weighted by Crippen LogP contribution is 2.51. The van der Waals surface area contributed by atoms with E-state index >= 15 is 0 Å². The maximum atomic E-state index is 11.9. The van der Waals surface area contributed by atoms with Crippen molar-refractivity contribution in [2.45, 2.75) is 30.5 Å². The molecule has 4 heteroatoms. The van der Waals surface area contributed by atoms with Gasteiger partial charge in [-0.1, -0.05) is 24.3 Å². The number of para-hydroxylation sites is 1. The number of anilines is 1. The highest BCUT2D eigenvalue weighted by Gasteiger charge is 2.56. The predicted molar refractivity (Wildman–Crippen MR) is 78.7 cm³/mol. The standard InChI is InChI=1S/C16H20N2O2/c1-4-9-16-10-12(14(19)20-3)17-15(16)18(2)13-8-6-5-7-11(13)16/h4-8,12,15,17H,1,9-10H2,2-3H3/t12-,15+,16-/m1/s1. The van der Waals surface area contributed by atoms with Crippen LogP contribution in [0, 0.1) is 0 Å².